The molecule has 0 bridgehead atoms. The molecular formula is C11H20O3. The van der Waals surface area contributed by atoms with Gasteiger partial charge in [-0.3, -0.25) is 9.59 Å². The number of carboxylic acids is 1. The summed E-state index contributed by atoms with van der Waals surface area (Å²) in [7, 11) is 0. The third-order valence-corrected chi connectivity index (χ3v) is 2.47. The van der Waals surface area contributed by atoms with E-state index in [0.717, 1.165) is 0 Å². The third-order valence-electron chi connectivity index (χ3n) is 2.47. The Morgan fingerprint density at radius 1 is 1.14 bits per heavy atom. The van der Waals surface area contributed by atoms with Gasteiger partial charge in [-0.1, -0.05) is 27.7 Å². The van der Waals surface area contributed by atoms with Crippen molar-refractivity contribution in [2.45, 2.75) is 40.5 Å². The van der Waals surface area contributed by atoms with Crippen molar-refractivity contribution < 1.29 is 14.7 Å². The summed E-state index contributed by atoms with van der Waals surface area (Å²) in [5, 5.41) is 8.88. The van der Waals surface area contributed by atoms with Crippen molar-refractivity contribution in [1.82, 2.24) is 0 Å². The van der Waals surface area contributed by atoms with E-state index in [0.29, 0.717) is 12.8 Å². The Balaban J connectivity index is 4.08. The molecule has 0 radical (unpaired) electrons. The largest absolute Gasteiger partial charge is 0.481 e. The molecule has 0 aromatic heterocycles. The van der Waals surface area contributed by atoms with Crippen molar-refractivity contribution >= 4 is 11.8 Å². The Morgan fingerprint density at radius 3 is 1.93 bits per heavy atom. The molecule has 1 N–H and O–H groups in total. The van der Waals surface area contributed by atoms with Crippen molar-refractivity contribution in [3.05, 3.63) is 0 Å². The van der Waals surface area contributed by atoms with Gasteiger partial charge in [0, 0.05) is 12.3 Å². The average Bonchev–Trinajstić information content (AvgIpc) is 2.02. The molecule has 0 aliphatic heterocycles. The molecule has 0 fully saturated rings. The number of ketones is 1. The lowest BCUT2D eigenvalue weighted by molar-refractivity contribution is -0.143. The van der Waals surface area contributed by atoms with E-state index in [9.17, 15) is 9.59 Å². The van der Waals surface area contributed by atoms with E-state index in [-0.39, 0.29) is 17.6 Å². The Kier molecular flexibility index (Phi) is 5.43. The van der Waals surface area contributed by atoms with E-state index in [2.05, 4.69) is 0 Å². The zero-order valence-electron chi connectivity index (χ0n) is 9.41. The molecule has 0 aliphatic rings. The van der Waals surface area contributed by atoms with E-state index in [1.54, 1.807) is 0 Å². The van der Waals surface area contributed by atoms with Crippen LogP contribution in [0.25, 0.3) is 0 Å². The van der Waals surface area contributed by atoms with Crippen molar-refractivity contribution in [1.29, 1.82) is 0 Å². The van der Waals surface area contributed by atoms with Gasteiger partial charge in [-0.2, -0.15) is 0 Å². The summed E-state index contributed by atoms with van der Waals surface area (Å²) in [6.45, 7) is 7.43. The van der Waals surface area contributed by atoms with Crippen LogP contribution >= 0.6 is 0 Å². The summed E-state index contributed by atoms with van der Waals surface area (Å²) in [5.74, 6) is -0.935. The average molecular weight is 200 g/mol. The first kappa shape index (κ1) is 13.1. The highest BCUT2D eigenvalue weighted by molar-refractivity contribution is 5.81. The highest BCUT2D eigenvalue weighted by atomic mass is 16.4. The summed E-state index contributed by atoms with van der Waals surface area (Å²) in [6.07, 6.45) is 0.844. The quantitative estimate of drug-likeness (QED) is 0.716. The molecular weight excluding hydrogens is 180 g/mol. The number of carbonyl (C=O) groups is 2. The van der Waals surface area contributed by atoms with Crippen molar-refractivity contribution in [3.8, 4) is 0 Å². The fraction of sp³-hybridized carbons (Fsp3) is 0.818. The zero-order valence-corrected chi connectivity index (χ0v) is 9.41. The summed E-state index contributed by atoms with van der Waals surface area (Å²) in [5.41, 5.74) is 0. The molecule has 0 rings (SSSR count). The normalized spacial score (nSPS) is 13.3. The van der Waals surface area contributed by atoms with Crippen LogP contribution in [0, 0.1) is 17.8 Å². The van der Waals surface area contributed by atoms with Gasteiger partial charge >= 0.3 is 5.97 Å². The second-order valence-corrected chi connectivity index (χ2v) is 4.35. The van der Waals surface area contributed by atoms with Crippen molar-refractivity contribution in [2.24, 2.45) is 17.8 Å². The maximum absolute atomic E-state index is 11.3. The van der Waals surface area contributed by atoms with Gasteiger partial charge < -0.3 is 5.11 Å². The molecule has 3 heteroatoms. The predicted molar refractivity (Wildman–Crippen MR) is 55.0 cm³/mol. The Hall–Kier alpha value is -0.860. The first-order valence-corrected chi connectivity index (χ1v) is 5.11. The van der Waals surface area contributed by atoms with Crippen LogP contribution in [-0.4, -0.2) is 16.9 Å². The summed E-state index contributed by atoms with van der Waals surface area (Å²) in [4.78, 5) is 22.1. The second-order valence-electron chi connectivity index (χ2n) is 4.35. The standard InChI is InChI=1S/C11H20O3/c1-7(2)9(11(13)14)5-6-10(12)8(3)4/h7-9H,5-6H2,1-4H3,(H,13,14)/t9-/m0/s1. The number of hydrogen-bond donors (Lipinski definition) is 1. The minimum Gasteiger partial charge on any atom is -0.481 e. The fourth-order valence-corrected chi connectivity index (χ4v) is 1.33. The van der Waals surface area contributed by atoms with Crippen molar-refractivity contribution in [2.75, 3.05) is 0 Å². The van der Waals surface area contributed by atoms with E-state index < -0.39 is 11.9 Å². The lowest BCUT2D eigenvalue weighted by atomic mass is 9.89. The first-order valence-electron chi connectivity index (χ1n) is 5.11. The minimum atomic E-state index is -0.795. The fourth-order valence-electron chi connectivity index (χ4n) is 1.33. The number of rotatable bonds is 6. The number of Topliss-reactive ketones (excluding diaryl/α,β-unsaturated/α-hetero) is 1. The molecule has 0 spiro atoms. The van der Waals surface area contributed by atoms with E-state index in [4.69, 9.17) is 5.11 Å². The van der Waals surface area contributed by atoms with Crippen LogP contribution in [0.3, 0.4) is 0 Å². The third kappa shape index (κ3) is 4.40. The number of aliphatic carboxylic acids is 1. The number of carbonyl (C=O) groups excluding carboxylic acids is 1. The van der Waals surface area contributed by atoms with E-state index in [1.165, 1.54) is 0 Å². The Morgan fingerprint density at radius 2 is 1.64 bits per heavy atom. The van der Waals surface area contributed by atoms with Gasteiger partial charge in [0.15, 0.2) is 0 Å². The predicted octanol–water partition coefficient (Wildman–Crippen LogP) is 2.35. The van der Waals surface area contributed by atoms with Crippen LogP contribution in [0.5, 0.6) is 0 Å². The molecule has 14 heavy (non-hydrogen) atoms. The molecule has 0 unspecified atom stereocenters. The van der Waals surface area contributed by atoms with Crippen LogP contribution in [0.2, 0.25) is 0 Å². The van der Waals surface area contributed by atoms with Crippen LogP contribution in [0.15, 0.2) is 0 Å². The molecule has 0 aromatic rings. The molecule has 0 saturated heterocycles. The van der Waals surface area contributed by atoms with Crippen LogP contribution in [0.4, 0.5) is 0 Å². The Labute approximate surface area is 85.5 Å². The summed E-state index contributed by atoms with van der Waals surface area (Å²) < 4.78 is 0. The highest BCUT2D eigenvalue weighted by Gasteiger charge is 2.22. The highest BCUT2D eigenvalue weighted by Crippen LogP contribution is 2.18. The van der Waals surface area contributed by atoms with Gasteiger partial charge in [0.2, 0.25) is 0 Å². The molecule has 1 atom stereocenters. The van der Waals surface area contributed by atoms with E-state index in [1.807, 2.05) is 27.7 Å². The van der Waals surface area contributed by atoms with Gasteiger partial charge in [0.1, 0.15) is 5.78 Å². The molecule has 3 nitrogen and oxygen atoms in total. The zero-order chi connectivity index (χ0) is 11.3. The molecule has 0 heterocycles. The SMILES string of the molecule is CC(C)C(=O)CC[C@H](C(=O)O)C(C)C. The van der Waals surface area contributed by atoms with Gasteiger partial charge in [0.25, 0.3) is 0 Å². The second kappa shape index (κ2) is 5.78. The van der Waals surface area contributed by atoms with E-state index >= 15 is 0 Å². The number of carboxylic acid groups (broad SMARTS) is 1. The van der Waals surface area contributed by atoms with Gasteiger partial charge in [-0.25, -0.2) is 0 Å². The maximum atomic E-state index is 11.3. The summed E-state index contributed by atoms with van der Waals surface area (Å²) >= 11 is 0. The Bertz CT molecular complexity index is 207. The molecule has 0 amide bonds. The van der Waals surface area contributed by atoms with Crippen molar-refractivity contribution in [3.63, 3.8) is 0 Å². The lowest BCUT2D eigenvalue weighted by Crippen LogP contribution is -2.21. The molecule has 0 saturated carbocycles. The smallest absolute Gasteiger partial charge is 0.306 e. The topological polar surface area (TPSA) is 54.4 Å². The summed E-state index contributed by atoms with van der Waals surface area (Å²) in [6, 6.07) is 0. The minimum absolute atomic E-state index is 0.0107. The number of hydrogen-bond acceptors (Lipinski definition) is 2. The molecule has 82 valence electrons. The van der Waals surface area contributed by atoms with Crippen LogP contribution in [-0.2, 0) is 9.59 Å². The molecule has 0 aromatic carbocycles. The molecule has 0 aliphatic carbocycles. The van der Waals surface area contributed by atoms with Gasteiger partial charge in [-0.05, 0) is 12.3 Å². The van der Waals surface area contributed by atoms with Crippen LogP contribution in [0.1, 0.15) is 40.5 Å². The first-order chi connectivity index (χ1) is 6.36. The lowest BCUT2D eigenvalue weighted by Gasteiger charge is -2.15. The van der Waals surface area contributed by atoms with Gasteiger partial charge in [-0.15, -0.1) is 0 Å². The van der Waals surface area contributed by atoms with Gasteiger partial charge in [0.05, 0.1) is 5.92 Å². The monoisotopic (exact) mass is 200 g/mol. The maximum Gasteiger partial charge on any atom is 0.306 e. The van der Waals surface area contributed by atoms with Crippen LogP contribution < -0.4 is 0 Å².